The zero-order chi connectivity index (χ0) is 10.6. The fourth-order valence-corrected chi connectivity index (χ4v) is 1.36. The first-order valence-corrected chi connectivity index (χ1v) is 4.81. The average molecular weight is 189 g/mol. The van der Waals surface area contributed by atoms with E-state index in [0.29, 0.717) is 17.2 Å². The van der Waals surface area contributed by atoms with Crippen LogP contribution < -0.4 is 4.74 Å². The molecule has 1 atom stereocenters. The van der Waals surface area contributed by atoms with Gasteiger partial charge in [0.05, 0.1) is 12.7 Å². The largest absolute Gasteiger partial charge is 0.495 e. The quantitative estimate of drug-likeness (QED) is 0.732. The van der Waals surface area contributed by atoms with Crippen LogP contribution in [0.2, 0.25) is 0 Å². The van der Waals surface area contributed by atoms with Gasteiger partial charge in [-0.05, 0) is 30.0 Å². The molecule has 0 aliphatic carbocycles. The van der Waals surface area contributed by atoms with Crippen LogP contribution in [0.4, 0.5) is 0 Å². The predicted molar refractivity (Wildman–Crippen MR) is 56.4 cm³/mol. The van der Waals surface area contributed by atoms with Crippen LogP contribution in [0.3, 0.4) is 0 Å². The molecule has 0 aliphatic rings. The van der Waals surface area contributed by atoms with Gasteiger partial charge < -0.3 is 4.74 Å². The minimum absolute atomic E-state index is 0.494. The highest BCUT2D eigenvalue weighted by atomic mass is 16.5. The first-order valence-electron chi connectivity index (χ1n) is 4.81. The van der Waals surface area contributed by atoms with E-state index < -0.39 is 0 Å². The van der Waals surface area contributed by atoms with Gasteiger partial charge in [-0.25, -0.2) is 0 Å². The van der Waals surface area contributed by atoms with Gasteiger partial charge in [-0.3, -0.25) is 0 Å². The lowest BCUT2D eigenvalue weighted by Gasteiger charge is -2.10. The van der Waals surface area contributed by atoms with Gasteiger partial charge in [-0.15, -0.1) is 0 Å². The second kappa shape index (κ2) is 4.66. The molecule has 1 rings (SSSR count). The molecule has 0 fully saturated rings. The van der Waals surface area contributed by atoms with Crippen LogP contribution in [0.1, 0.15) is 37.3 Å². The summed E-state index contributed by atoms with van der Waals surface area (Å²) >= 11 is 0. The number of benzene rings is 1. The molecule has 0 heterocycles. The second-order valence-corrected chi connectivity index (χ2v) is 3.38. The van der Waals surface area contributed by atoms with Gasteiger partial charge in [-0.1, -0.05) is 19.9 Å². The van der Waals surface area contributed by atoms with E-state index in [1.54, 1.807) is 7.11 Å². The Morgan fingerprint density at radius 2 is 2.21 bits per heavy atom. The molecule has 2 heteroatoms. The van der Waals surface area contributed by atoms with Crippen molar-refractivity contribution in [1.29, 1.82) is 5.26 Å². The molecular formula is C12H15NO. The van der Waals surface area contributed by atoms with Crippen LogP contribution in [0.15, 0.2) is 18.2 Å². The van der Waals surface area contributed by atoms with Crippen molar-refractivity contribution in [3.05, 3.63) is 29.3 Å². The average Bonchev–Trinajstić information content (AvgIpc) is 2.26. The minimum atomic E-state index is 0.494. The van der Waals surface area contributed by atoms with Gasteiger partial charge in [0, 0.05) is 0 Å². The molecule has 74 valence electrons. The van der Waals surface area contributed by atoms with Gasteiger partial charge in [0.15, 0.2) is 0 Å². The lowest BCUT2D eigenvalue weighted by atomic mass is 9.97. The Morgan fingerprint density at radius 3 is 2.71 bits per heavy atom. The van der Waals surface area contributed by atoms with Crippen molar-refractivity contribution in [1.82, 2.24) is 0 Å². The number of hydrogen-bond acceptors (Lipinski definition) is 2. The molecule has 0 saturated heterocycles. The molecule has 1 aromatic carbocycles. The predicted octanol–water partition coefficient (Wildman–Crippen LogP) is 3.08. The molecule has 2 nitrogen and oxygen atoms in total. The van der Waals surface area contributed by atoms with Gasteiger partial charge in [0.1, 0.15) is 11.8 Å². The molecule has 1 unspecified atom stereocenters. The van der Waals surface area contributed by atoms with Gasteiger partial charge in [-0.2, -0.15) is 5.26 Å². The van der Waals surface area contributed by atoms with Gasteiger partial charge in [0.2, 0.25) is 0 Å². The van der Waals surface area contributed by atoms with Crippen molar-refractivity contribution in [3.63, 3.8) is 0 Å². The Kier molecular flexibility index (Phi) is 3.53. The normalized spacial score (nSPS) is 11.9. The first-order chi connectivity index (χ1) is 6.72. The van der Waals surface area contributed by atoms with Crippen molar-refractivity contribution in [2.24, 2.45) is 0 Å². The molecule has 14 heavy (non-hydrogen) atoms. The van der Waals surface area contributed by atoms with E-state index in [1.165, 1.54) is 5.56 Å². The third-order valence-corrected chi connectivity index (χ3v) is 2.53. The van der Waals surface area contributed by atoms with E-state index >= 15 is 0 Å². The van der Waals surface area contributed by atoms with E-state index in [0.717, 1.165) is 6.42 Å². The minimum Gasteiger partial charge on any atom is -0.495 e. The standard InChI is InChI=1S/C12H15NO/c1-4-9(2)10-5-6-12(14-3)11(7-10)8-13/h5-7,9H,4H2,1-3H3. The zero-order valence-electron chi connectivity index (χ0n) is 8.87. The SMILES string of the molecule is CCC(C)c1ccc(OC)c(C#N)c1. The van der Waals surface area contributed by atoms with Crippen molar-refractivity contribution in [2.75, 3.05) is 7.11 Å². The van der Waals surface area contributed by atoms with E-state index in [9.17, 15) is 0 Å². The fourth-order valence-electron chi connectivity index (χ4n) is 1.36. The molecule has 0 amide bonds. The number of nitriles is 1. The van der Waals surface area contributed by atoms with Crippen LogP contribution in [0.5, 0.6) is 5.75 Å². The Morgan fingerprint density at radius 1 is 1.50 bits per heavy atom. The maximum atomic E-state index is 8.90. The van der Waals surface area contributed by atoms with Gasteiger partial charge >= 0.3 is 0 Å². The number of hydrogen-bond donors (Lipinski definition) is 0. The number of rotatable bonds is 3. The molecule has 0 N–H and O–H groups in total. The maximum Gasteiger partial charge on any atom is 0.136 e. The highest BCUT2D eigenvalue weighted by Crippen LogP contribution is 2.25. The van der Waals surface area contributed by atoms with E-state index in [2.05, 4.69) is 19.9 Å². The lowest BCUT2D eigenvalue weighted by Crippen LogP contribution is -1.94. The third-order valence-electron chi connectivity index (χ3n) is 2.53. The molecular weight excluding hydrogens is 174 g/mol. The van der Waals surface area contributed by atoms with Crippen LogP contribution in [-0.4, -0.2) is 7.11 Å². The molecule has 1 aromatic rings. The van der Waals surface area contributed by atoms with Crippen LogP contribution >= 0.6 is 0 Å². The second-order valence-electron chi connectivity index (χ2n) is 3.38. The highest BCUT2D eigenvalue weighted by molar-refractivity contribution is 5.46. The molecule has 0 aliphatic heterocycles. The highest BCUT2D eigenvalue weighted by Gasteiger charge is 2.07. The fraction of sp³-hybridized carbons (Fsp3) is 0.417. The molecule has 0 radical (unpaired) electrons. The summed E-state index contributed by atoms with van der Waals surface area (Å²) in [6, 6.07) is 7.93. The smallest absolute Gasteiger partial charge is 0.136 e. The van der Waals surface area contributed by atoms with Crippen molar-refractivity contribution in [2.45, 2.75) is 26.2 Å². The van der Waals surface area contributed by atoms with Crippen molar-refractivity contribution < 1.29 is 4.74 Å². The topological polar surface area (TPSA) is 33.0 Å². The first kappa shape index (κ1) is 10.6. The molecule has 0 aromatic heterocycles. The summed E-state index contributed by atoms with van der Waals surface area (Å²) in [7, 11) is 1.58. The maximum absolute atomic E-state index is 8.90. The third kappa shape index (κ3) is 2.05. The Balaban J connectivity index is 3.09. The Labute approximate surface area is 85.1 Å². The molecule has 0 bridgehead atoms. The van der Waals surface area contributed by atoms with Crippen molar-refractivity contribution in [3.8, 4) is 11.8 Å². The lowest BCUT2D eigenvalue weighted by molar-refractivity contribution is 0.413. The van der Waals surface area contributed by atoms with Gasteiger partial charge in [0.25, 0.3) is 0 Å². The van der Waals surface area contributed by atoms with Crippen LogP contribution in [0.25, 0.3) is 0 Å². The zero-order valence-corrected chi connectivity index (χ0v) is 8.87. The number of nitrogens with zero attached hydrogens (tertiary/aromatic N) is 1. The van der Waals surface area contributed by atoms with Crippen LogP contribution in [0, 0.1) is 11.3 Å². The van der Waals surface area contributed by atoms with E-state index in [4.69, 9.17) is 10.00 Å². The summed E-state index contributed by atoms with van der Waals surface area (Å²) in [5.74, 6) is 1.15. The molecule has 0 saturated carbocycles. The van der Waals surface area contributed by atoms with Crippen LogP contribution in [-0.2, 0) is 0 Å². The Bertz CT molecular complexity index is 352. The van der Waals surface area contributed by atoms with Crippen molar-refractivity contribution >= 4 is 0 Å². The molecule has 0 spiro atoms. The summed E-state index contributed by atoms with van der Waals surface area (Å²) in [6.45, 7) is 4.30. The van der Waals surface area contributed by atoms with E-state index in [-0.39, 0.29) is 0 Å². The monoisotopic (exact) mass is 189 g/mol. The van der Waals surface area contributed by atoms with E-state index in [1.807, 2.05) is 18.2 Å². The summed E-state index contributed by atoms with van der Waals surface area (Å²) in [6.07, 6.45) is 1.08. The summed E-state index contributed by atoms with van der Waals surface area (Å²) in [5.41, 5.74) is 1.81. The Hall–Kier alpha value is -1.49. The summed E-state index contributed by atoms with van der Waals surface area (Å²) in [5, 5.41) is 8.90. The summed E-state index contributed by atoms with van der Waals surface area (Å²) in [4.78, 5) is 0. The number of methoxy groups -OCH3 is 1. The number of ether oxygens (including phenoxy) is 1. The summed E-state index contributed by atoms with van der Waals surface area (Å²) < 4.78 is 5.08.